The van der Waals surface area contributed by atoms with Gasteiger partial charge in [0.1, 0.15) is 0 Å². The Morgan fingerprint density at radius 1 is 0.280 bits per heavy atom. The van der Waals surface area contributed by atoms with Gasteiger partial charge in [-0.1, -0.05) is 379 Å². The Morgan fingerprint density at radius 2 is 0.480 bits per heavy atom. The molecule has 0 saturated heterocycles. The van der Waals surface area contributed by atoms with Crippen LogP contribution in [0.3, 0.4) is 0 Å². The molecule has 0 aliphatic heterocycles. The van der Waals surface area contributed by atoms with Crippen molar-refractivity contribution in [3.05, 3.63) is 47.0 Å². The third kappa shape index (κ3) is 49.4. The van der Waals surface area contributed by atoms with E-state index in [1.54, 1.807) is 22.1 Å². The number of hydrogen-bond donors (Lipinski definition) is 2. The van der Waals surface area contributed by atoms with Gasteiger partial charge in [0.25, 0.3) is 0 Å². The summed E-state index contributed by atoms with van der Waals surface area (Å²) in [7, 11) is -4.67. The first-order chi connectivity index (χ1) is 36.8. The van der Waals surface area contributed by atoms with Gasteiger partial charge in [0.2, 0.25) is 0 Å². The lowest BCUT2D eigenvalue weighted by molar-refractivity contribution is 0.381. The van der Waals surface area contributed by atoms with Crippen LogP contribution in [0.1, 0.15) is 384 Å². The van der Waals surface area contributed by atoms with Crippen LogP contribution >= 0.6 is 0 Å². The number of rotatable bonds is 57. The highest BCUT2D eigenvalue weighted by atomic mass is 32.3. The molecule has 4 nitrogen and oxygen atoms in total. The Hall–Kier alpha value is -1.43. The average Bonchev–Trinajstić information content (AvgIpc) is 3.39. The molecule has 5 heteroatoms. The molecule has 2 aromatic carbocycles. The van der Waals surface area contributed by atoms with Crippen molar-refractivity contribution in [2.24, 2.45) is 0 Å². The lowest BCUT2D eigenvalue weighted by Crippen LogP contribution is -2.04. The van der Waals surface area contributed by atoms with Gasteiger partial charge in [0.05, 0.1) is 0 Å². The van der Waals surface area contributed by atoms with E-state index in [0.717, 1.165) is 0 Å². The van der Waals surface area contributed by atoms with Gasteiger partial charge in [-0.05, 0) is 66.0 Å². The molecule has 0 aliphatic carbocycles. The molecule has 0 radical (unpaired) electrons. The molecule has 0 amide bonds. The largest absolute Gasteiger partial charge is 0.394 e. The predicted octanol–water partition coefficient (Wildman–Crippen LogP) is 24.9. The Morgan fingerprint density at radius 3 is 0.733 bits per heavy atom. The van der Waals surface area contributed by atoms with E-state index in [2.05, 4.69) is 51.1 Å². The van der Waals surface area contributed by atoms with Gasteiger partial charge in [0.15, 0.2) is 0 Å². The fraction of sp³-hybridized carbons (Fsp3) is 0.857. The standard InChI is InChI=1S/C70H128.H2O4S/c1-4-7-10-13-16-19-22-25-28-31-34-37-40-43-46-49-52-55-60-66-65-67-61-58-59-63-69(67)70(64-57-54-51-48-45-42-39-36-33-30-27-24-21-18-15-12-9-6-3)68(66)62-56-53-50-47-44-41-38-35-32-29-26-23-20-17-14-11-8-5-2;1-5(2,3)4/h58-59,61,63,65H,4-57,60,62,64H2,1-3H3;(H2,1,2,3,4). The average molecular weight is 1070 g/mol. The zero-order chi connectivity index (χ0) is 54.2. The molecule has 0 saturated carbocycles. The van der Waals surface area contributed by atoms with Crippen LogP contribution < -0.4 is 0 Å². The van der Waals surface area contributed by atoms with Crippen LogP contribution in [0.4, 0.5) is 0 Å². The Bertz CT molecular complexity index is 1560. The van der Waals surface area contributed by atoms with Gasteiger partial charge in [0, 0.05) is 0 Å². The number of aryl methyl sites for hydroxylation is 2. The zero-order valence-corrected chi connectivity index (χ0v) is 51.6. The minimum atomic E-state index is -4.67. The lowest BCUT2D eigenvalue weighted by atomic mass is 9.86. The first-order valence-electron chi connectivity index (χ1n) is 34.0. The third-order valence-corrected chi connectivity index (χ3v) is 16.7. The van der Waals surface area contributed by atoms with Gasteiger partial charge in [-0.2, -0.15) is 8.42 Å². The molecule has 75 heavy (non-hydrogen) atoms. The van der Waals surface area contributed by atoms with Crippen molar-refractivity contribution in [2.45, 2.75) is 387 Å². The maximum absolute atomic E-state index is 8.74. The minimum Gasteiger partial charge on any atom is -0.264 e. The molecular weight excluding hydrogens is 937 g/mol. The molecule has 0 aliphatic rings. The van der Waals surface area contributed by atoms with Crippen molar-refractivity contribution in [1.29, 1.82) is 0 Å². The molecule has 2 aromatic rings. The van der Waals surface area contributed by atoms with Crippen LogP contribution in [0.2, 0.25) is 0 Å². The summed E-state index contributed by atoms with van der Waals surface area (Å²) in [6, 6.07) is 12.1. The van der Waals surface area contributed by atoms with Crippen molar-refractivity contribution in [2.75, 3.05) is 0 Å². The van der Waals surface area contributed by atoms with Gasteiger partial charge >= 0.3 is 10.4 Å². The number of unbranched alkanes of at least 4 members (excludes halogenated alkanes) is 51. The summed E-state index contributed by atoms with van der Waals surface area (Å²) < 4.78 is 31.6. The van der Waals surface area contributed by atoms with Crippen LogP contribution in [0.15, 0.2) is 30.3 Å². The second-order valence-corrected chi connectivity index (χ2v) is 24.8. The molecule has 0 aromatic heterocycles. The maximum Gasteiger partial charge on any atom is 0.394 e. The van der Waals surface area contributed by atoms with E-state index in [-0.39, 0.29) is 0 Å². The second-order valence-electron chi connectivity index (χ2n) is 23.9. The number of hydrogen-bond acceptors (Lipinski definition) is 2. The van der Waals surface area contributed by atoms with E-state index in [9.17, 15) is 0 Å². The molecule has 0 unspecified atom stereocenters. The molecule has 0 fully saturated rings. The first kappa shape index (κ1) is 71.6. The highest BCUT2D eigenvalue weighted by molar-refractivity contribution is 7.79. The van der Waals surface area contributed by atoms with Crippen LogP contribution in [-0.2, 0) is 29.7 Å². The van der Waals surface area contributed by atoms with E-state index in [4.69, 9.17) is 17.5 Å². The smallest absolute Gasteiger partial charge is 0.264 e. The molecule has 0 spiro atoms. The van der Waals surface area contributed by atoms with Crippen LogP contribution in [0.5, 0.6) is 0 Å². The van der Waals surface area contributed by atoms with Crippen molar-refractivity contribution >= 4 is 21.2 Å². The maximum atomic E-state index is 8.74. The summed E-state index contributed by atoms with van der Waals surface area (Å²) in [5.74, 6) is 0. The molecule has 2 rings (SSSR count). The van der Waals surface area contributed by atoms with E-state index >= 15 is 0 Å². The van der Waals surface area contributed by atoms with E-state index in [1.807, 2.05) is 0 Å². The quantitative estimate of drug-likeness (QED) is 0.0511. The fourth-order valence-electron chi connectivity index (χ4n) is 12.0. The highest BCUT2D eigenvalue weighted by Crippen LogP contribution is 2.31. The normalized spacial score (nSPS) is 11.7. The van der Waals surface area contributed by atoms with Gasteiger partial charge in [-0.25, -0.2) is 0 Å². The Labute approximate surface area is 470 Å². The van der Waals surface area contributed by atoms with Crippen LogP contribution in [0.25, 0.3) is 10.8 Å². The van der Waals surface area contributed by atoms with E-state index in [0.29, 0.717) is 0 Å². The van der Waals surface area contributed by atoms with E-state index < -0.39 is 10.4 Å². The van der Waals surface area contributed by atoms with Crippen molar-refractivity contribution in [3.63, 3.8) is 0 Å². The summed E-state index contributed by atoms with van der Waals surface area (Å²) >= 11 is 0. The fourth-order valence-corrected chi connectivity index (χ4v) is 12.0. The monoisotopic (exact) mass is 1070 g/mol. The summed E-state index contributed by atoms with van der Waals surface area (Å²) in [5, 5.41) is 3.09. The number of fused-ring (bicyclic) bond motifs is 1. The molecule has 440 valence electrons. The second kappa shape index (κ2) is 55.9. The topological polar surface area (TPSA) is 74.6 Å². The molecule has 0 heterocycles. The summed E-state index contributed by atoms with van der Waals surface area (Å²) in [6.45, 7) is 6.96. The van der Waals surface area contributed by atoms with Gasteiger partial charge in [-0.15, -0.1) is 0 Å². The van der Waals surface area contributed by atoms with Gasteiger partial charge in [-0.3, -0.25) is 9.11 Å². The Balaban J connectivity index is 0.00000535. The van der Waals surface area contributed by atoms with E-state index in [1.165, 1.54) is 371 Å². The van der Waals surface area contributed by atoms with Crippen molar-refractivity contribution in [1.82, 2.24) is 0 Å². The lowest BCUT2D eigenvalue weighted by Gasteiger charge is -2.19. The minimum absolute atomic E-state index is 1.29. The summed E-state index contributed by atoms with van der Waals surface area (Å²) in [4.78, 5) is 0. The number of benzene rings is 2. The van der Waals surface area contributed by atoms with Crippen molar-refractivity contribution < 1.29 is 17.5 Å². The molecule has 2 N–H and O–H groups in total. The van der Waals surface area contributed by atoms with Gasteiger partial charge < -0.3 is 0 Å². The SMILES string of the molecule is CCCCCCCCCCCCCCCCCCCCc1cc2ccccc2c(CCCCCCCCCCCCCCCCCCCC)c1CCCCCCCCCCCCCCCCCCCC.O=S(=O)(O)O. The highest BCUT2D eigenvalue weighted by Gasteiger charge is 2.14. The Kier molecular flexibility index (Phi) is 53.3. The molecule has 0 atom stereocenters. The van der Waals surface area contributed by atoms with Crippen LogP contribution in [0, 0.1) is 0 Å². The van der Waals surface area contributed by atoms with Crippen molar-refractivity contribution in [3.8, 4) is 0 Å². The third-order valence-electron chi connectivity index (χ3n) is 16.7. The summed E-state index contributed by atoms with van der Waals surface area (Å²) in [6.07, 6.45) is 82.4. The molecule has 0 bridgehead atoms. The summed E-state index contributed by atoms with van der Waals surface area (Å²) in [5.41, 5.74) is 5.26. The van der Waals surface area contributed by atoms with Crippen LogP contribution in [-0.4, -0.2) is 17.5 Å². The zero-order valence-electron chi connectivity index (χ0n) is 50.8. The first-order valence-corrected chi connectivity index (χ1v) is 35.4. The predicted molar refractivity (Wildman–Crippen MR) is 336 cm³/mol. The molecular formula is C70H130O4S.